The smallest absolute Gasteiger partial charge is 0.288 e. The third-order valence-corrected chi connectivity index (χ3v) is 3.70. The Morgan fingerprint density at radius 1 is 1.45 bits per heavy atom. The van der Waals surface area contributed by atoms with E-state index in [0.29, 0.717) is 28.9 Å². The van der Waals surface area contributed by atoms with E-state index >= 15 is 0 Å². The molecule has 1 aromatic carbocycles. The van der Waals surface area contributed by atoms with Crippen LogP contribution in [0.5, 0.6) is 0 Å². The van der Waals surface area contributed by atoms with Gasteiger partial charge in [-0.15, -0.1) is 12.4 Å². The number of alkyl halides is 2. The number of benzene rings is 1. The van der Waals surface area contributed by atoms with Gasteiger partial charge in [-0.1, -0.05) is 17.8 Å². The second-order valence-corrected chi connectivity index (χ2v) is 5.50. The molecule has 1 saturated heterocycles. The summed E-state index contributed by atoms with van der Waals surface area (Å²) in [7, 11) is 0. The fourth-order valence-corrected chi connectivity index (χ4v) is 2.63. The van der Waals surface area contributed by atoms with Crippen LogP contribution in [0.1, 0.15) is 12.8 Å². The van der Waals surface area contributed by atoms with Gasteiger partial charge < -0.3 is 10.6 Å². The van der Waals surface area contributed by atoms with Crippen LogP contribution in [0, 0.1) is 5.92 Å². The first kappa shape index (κ1) is 17.2. The van der Waals surface area contributed by atoms with E-state index in [-0.39, 0.29) is 24.2 Å². The lowest BCUT2D eigenvalue weighted by atomic mass is 9.99. The number of halogens is 3. The van der Waals surface area contributed by atoms with Gasteiger partial charge in [-0.3, -0.25) is 4.79 Å². The monoisotopic (exact) mass is 322 g/mol. The third kappa shape index (κ3) is 5.26. The molecule has 1 atom stereocenters. The highest BCUT2D eigenvalue weighted by Gasteiger charge is 2.20. The highest BCUT2D eigenvalue weighted by molar-refractivity contribution is 7.99. The van der Waals surface area contributed by atoms with Crippen molar-refractivity contribution in [2.75, 3.05) is 18.4 Å². The molecule has 112 valence electrons. The fraction of sp³-hybridized carbons (Fsp3) is 0.462. The molecular weight excluding hydrogens is 306 g/mol. The summed E-state index contributed by atoms with van der Waals surface area (Å²) < 4.78 is 24.5. The Bertz CT molecular complexity index is 442. The summed E-state index contributed by atoms with van der Waals surface area (Å²) in [5.41, 5.74) is 0.571. The van der Waals surface area contributed by atoms with Crippen LogP contribution in [0.15, 0.2) is 29.2 Å². The summed E-state index contributed by atoms with van der Waals surface area (Å²) in [5, 5.41) is 5.96. The highest BCUT2D eigenvalue weighted by atomic mass is 35.5. The predicted octanol–water partition coefficient (Wildman–Crippen LogP) is 3.36. The highest BCUT2D eigenvalue weighted by Crippen LogP contribution is 2.27. The summed E-state index contributed by atoms with van der Waals surface area (Å²) in [6.45, 7) is 1.63. The van der Waals surface area contributed by atoms with Crippen molar-refractivity contribution in [1.29, 1.82) is 0 Å². The number of nitrogens with one attached hydrogen (secondary N) is 2. The summed E-state index contributed by atoms with van der Waals surface area (Å²) in [6, 6.07) is 6.56. The van der Waals surface area contributed by atoms with Crippen molar-refractivity contribution in [3.05, 3.63) is 24.3 Å². The van der Waals surface area contributed by atoms with Crippen molar-refractivity contribution in [3.8, 4) is 0 Å². The normalized spacial score (nSPS) is 18.4. The fourth-order valence-electron chi connectivity index (χ4n) is 2.07. The van der Waals surface area contributed by atoms with Crippen molar-refractivity contribution in [2.45, 2.75) is 23.5 Å². The van der Waals surface area contributed by atoms with E-state index in [1.54, 1.807) is 24.3 Å². The molecule has 1 unspecified atom stereocenters. The molecule has 0 aromatic heterocycles. The zero-order valence-electron chi connectivity index (χ0n) is 10.8. The minimum absolute atomic E-state index is 0. The largest absolute Gasteiger partial charge is 0.326 e. The van der Waals surface area contributed by atoms with E-state index in [2.05, 4.69) is 10.6 Å². The SMILES string of the molecule is Cl.O=C(Nc1cccc(SC(F)F)c1)C1CCCNC1. The molecule has 0 bridgehead atoms. The van der Waals surface area contributed by atoms with Crippen LogP contribution < -0.4 is 10.6 Å². The Labute approximate surface area is 127 Å². The summed E-state index contributed by atoms with van der Waals surface area (Å²) in [6.07, 6.45) is 1.85. The van der Waals surface area contributed by atoms with Gasteiger partial charge in [0.2, 0.25) is 5.91 Å². The molecular formula is C13H17ClF2N2OS. The second kappa shape index (κ2) is 8.44. The number of amides is 1. The lowest BCUT2D eigenvalue weighted by Gasteiger charge is -2.22. The van der Waals surface area contributed by atoms with E-state index in [1.165, 1.54) is 0 Å². The quantitative estimate of drug-likeness (QED) is 0.835. The summed E-state index contributed by atoms with van der Waals surface area (Å²) >= 11 is 0.478. The molecule has 20 heavy (non-hydrogen) atoms. The topological polar surface area (TPSA) is 41.1 Å². The van der Waals surface area contributed by atoms with Crippen molar-refractivity contribution in [2.24, 2.45) is 5.92 Å². The average molecular weight is 323 g/mol. The number of hydrogen-bond donors (Lipinski definition) is 2. The van der Waals surface area contributed by atoms with E-state index < -0.39 is 5.76 Å². The maximum atomic E-state index is 12.3. The lowest BCUT2D eigenvalue weighted by molar-refractivity contribution is -0.120. The van der Waals surface area contributed by atoms with Crippen molar-refractivity contribution in [1.82, 2.24) is 5.32 Å². The van der Waals surface area contributed by atoms with Crippen LogP contribution >= 0.6 is 24.2 Å². The molecule has 1 aliphatic heterocycles. The Hall–Kier alpha value is -0.850. The Balaban J connectivity index is 0.00000200. The van der Waals surface area contributed by atoms with Gasteiger partial charge in [-0.25, -0.2) is 0 Å². The molecule has 0 saturated carbocycles. The molecule has 2 N–H and O–H groups in total. The zero-order chi connectivity index (χ0) is 13.7. The molecule has 1 aliphatic rings. The Morgan fingerprint density at radius 3 is 2.90 bits per heavy atom. The van der Waals surface area contributed by atoms with Gasteiger partial charge in [0.15, 0.2) is 0 Å². The van der Waals surface area contributed by atoms with E-state index in [9.17, 15) is 13.6 Å². The van der Waals surface area contributed by atoms with Gasteiger partial charge in [0.05, 0.1) is 5.92 Å². The van der Waals surface area contributed by atoms with Gasteiger partial charge >= 0.3 is 0 Å². The maximum absolute atomic E-state index is 12.3. The van der Waals surface area contributed by atoms with Gasteiger partial charge in [-0.05, 0) is 37.6 Å². The third-order valence-electron chi connectivity index (χ3n) is 2.99. The van der Waals surface area contributed by atoms with Crippen molar-refractivity contribution in [3.63, 3.8) is 0 Å². The lowest BCUT2D eigenvalue weighted by Crippen LogP contribution is -2.37. The minimum Gasteiger partial charge on any atom is -0.326 e. The van der Waals surface area contributed by atoms with E-state index in [1.807, 2.05) is 0 Å². The van der Waals surface area contributed by atoms with Crippen molar-refractivity contribution >= 4 is 35.8 Å². The van der Waals surface area contributed by atoms with Gasteiger partial charge in [0, 0.05) is 17.1 Å². The van der Waals surface area contributed by atoms with Crippen LogP contribution in [0.4, 0.5) is 14.5 Å². The molecule has 0 radical (unpaired) electrons. The summed E-state index contributed by atoms with van der Waals surface area (Å²) in [4.78, 5) is 12.4. The molecule has 0 aliphatic carbocycles. The molecule has 1 amide bonds. The van der Waals surface area contributed by atoms with Gasteiger partial charge in [-0.2, -0.15) is 8.78 Å². The molecule has 1 aromatic rings. The van der Waals surface area contributed by atoms with Crippen molar-refractivity contribution < 1.29 is 13.6 Å². The molecule has 2 rings (SSSR count). The van der Waals surface area contributed by atoms with E-state index in [0.717, 1.165) is 19.4 Å². The molecule has 1 heterocycles. The molecule has 1 fully saturated rings. The van der Waals surface area contributed by atoms with Crippen LogP contribution in [0.2, 0.25) is 0 Å². The minimum atomic E-state index is -2.45. The first-order valence-corrected chi connectivity index (χ1v) is 7.09. The number of anilines is 1. The zero-order valence-corrected chi connectivity index (χ0v) is 12.4. The standard InChI is InChI=1S/C13H16F2N2OS.ClH/c14-13(15)19-11-5-1-4-10(7-11)17-12(18)9-3-2-6-16-8-9;/h1,4-5,7,9,13,16H,2-3,6,8H2,(H,17,18);1H. The molecule has 0 spiro atoms. The second-order valence-electron chi connectivity index (χ2n) is 4.44. The van der Waals surface area contributed by atoms with Gasteiger partial charge in [0.25, 0.3) is 5.76 Å². The first-order chi connectivity index (χ1) is 9.15. The van der Waals surface area contributed by atoms with Crippen LogP contribution in [-0.4, -0.2) is 24.8 Å². The van der Waals surface area contributed by atoms with E-state index in [4.69, 9.17) is 0 Å². The number of rotatable bonds is 4. The average Bonchev–Trinajstić information content (AvgIpc) is 2.39. The van der Waals surface area contributed by atoms with Crippen LogP contribution in [0.3, 0.4) is 0 Å². The summed E-state index contributed by atoms with van der Waals surface area (Å²) in [5.74, 6) is -2.54. The maximum Gasteiger partial charge on any atom is 0.288 e. The Morgan fingerprint density at radius 2 is 2.25 bits per heavy atom. The van der Waals surface area contributed by atoms with Crippen LogP contribution in [0.25, 0.3) is 0 Å². The number of hydrogen-bond acceptors (Lipinski definition) is 3. The number of piperidine rings is 1. The molecule has 7 heteroatoms. The first-order valence-electron chi connectivity index (χ1n) is 6.21. The predicted molar refractivity (Wildman–Crippen MR) is 79.8 cm³/mol. The van der Waals surface area contributed by atoms with Gasteiger partial charge in [0.1, 0.15) is 0 Å². The number of carbonyl (C=O) groups excluding carboxylic acids is 1. The molecule has 3 nitrogen and oxygen atoms in total. The number of thioether (sulfide) groups is 1. The number of carbonyl (C=O) groups is 1. The van der Waals surface area contributed by atoms with Crippen LogP contribution in [-0.2, 0) is 4.79 Å². The Kier molecular flexibility index (Phi) is 7.26.